The van der Waals surface area contributed by atoms with Gasteiger partial charge < -0.3 is 9.69 Å². The minimum Gasteiger partial charge on any atom is -0.303 e. The summed E-state index contributed by atoms with van der Waals surface area (Å²) in [6.07, 6.45) is 8.63. The van der Waals surface area contributed by atoms with Crippen LogP contribution in [-0.2, 0) is 4.79 Å². The van der Waals surface area contributed by atoms with Crippen molar-refractivity contribution in [2.24, 2.45) is 11.3 Å². The van der Waals surface area contributed by atoms with Crippen LogP contribution in [0.25, 0.3) is 0 Å². The first-order chi connectivity index (χ1) is 7.24. The summed E-state index contributed by atoms with van der Waals surface area (Å²) >= 11 is 0. The van der Waals surface area contributed by atoms with Crippen molar-refractivity contribution in [3.05, 3.63) is 0 Å². The summed E-state index contributed by atoms with van der Waals surface area (Å²) in [5.74, 6) is 0.830. The molecule has 0 aromatic rings. The molecule has 0 atom stereocenters. The van der Waals surface area contributed by atoms with Crippen molar-refractivity contribution in [1.29, 1.82) is 0 Å². The van der Waals surface area contributed by atoms with Crippen LogP contribution in [0.1, 0.15) is 45.4 Å². The lowest BCUT2D eigenvalue weighted by molar-refractivity contribution is -0.119. The highest BCUT2D eigenvalue weighted by molar-refractivity contribution is 5.60. The Kier molecular flexibility index (Phi) is 3.45. The highest BCUT2D eigenvalue weighted by Crippen LogP contribution is 2.38. The van der Waals surface area contributed by atoms with Gasteiger partial charge in [-0.25, -0.2) is 0 Å². The molecule has 0 spiro atoms. The van der Waals surface area contributed by atoms with E-state index in [0.717, 1.165) is 25.3 Å². The Morgan fingerprint density at radius 2 is 1.87 bits per heavy atom. The Morgan fingerprint density at radius 1 is 1.27 bits per heavy atom. The molecule has 1 saturated heterocycles. The molecule has 0 aromatic heterocycles. The van der Waals surface area contributed by atoms with Crippen LogP contribution in [0.3, 0.4) is 0 Å². The van der Waals surface area contributed by atoms with E-state index >= 15 is 0 Å². The zero-order valence-corrected chi connectivity index (χ0v) is 9.87. The van der Waals surface area contributed by atoms with E-state index in [0.29, 0.717) is 0 Å². The van der Waals surface area contributed by atoms with Crippen molar-refractivity contribution in [1.82, 2.24) is 4.90 Å². The van der Waals surface area contributed by atoms with Gasteiger partial charge in [-0.1, -0.05) is 6.92 Å². The number of nitrogens with zero attached hydrogens (tertiary/aromatic N) is 1. The lowest BCUT2D eigenvalue weighted by atomic mass is 9.71. The van der Waals surface area contributed by atoms with Crippen LogP contribution >= 0.6 is 0 Å². The smallest absolute Gasteiger partial charge is 0.127 e. The van der Waals surface area contributed by atoms with E-state index < -0.39 is 0 Å². The molecule has 0 aromatic carbocycles. The highest BCUT2D eigenvalue weighted by Gasteiger charge is 2.35. The Bertz CT molecular complexity index is 213. The predicted octanol–water partition coefficient (Wildman–Crippen LogP) is 2.48. The molecule has 2 heteroatoms. The summed E-state index contributed by atoms with van der Waals surface area (Å²) in [4.78, 5) is 13.8. The topological polar surface area (TPSA) is 20.3 Å². The van der Waals surface area contributed by atoms with E-state index in [9.17, 15) is 4.79 Å². The minimum absolute atomic E-state index is 0.0108. The number of carbonyl (C=O) groups is 1. The van der Waals surface area contributed by atoms with Gasteiger partial charge in [0.2, 0.25) is 0 Å². The van der Waals surface area contributed by atoms with E-state index in [-0.39, 0.29) is 5.41 Å². The normalized spacial score (nSPS) is 38.1. The largest absolute Gasteiger partial charge is 0.303 e. The van der Waals surface area contributed by atoms with Crippen LogP contribution in [0, 0.1) is 11.3 Å². The van der Waals surface area contributed by atoms with Gasteiger partial charge in [-0.05, 0) is 57.5 Å². The van der Waals surface area contributed by atoms with Crippen molar-refractivity contribution >= 4 is 6.29 Å². The molecule has 86 valence electrons. The molecule has 0 N–H and O–H groups in total. The summed E-state index contributed by atoms with van der Waals surface area (Å²) in [6.45, 7) is 5.77. The number of aldehydes is 1. The molecule has 2 fully saturated rings. The monoisotopic (exact) mass is 209 g/mol. The number of hydrogen-bond acceptors (Lipinski definition) is 2. The van der Waals surface area contributed by atoms with Gasteiger partial charge in [-0.15, -0.1) is 0 Å². The summed E-state index contributed by atoms with van der Waals surface area (Å²) in [6, 6.07) is 0. The number of rotatable bonds is 3. The molecule has 1 aliphatic heterocycles. The van der Waals surface area contributed by atoms with E-state index in [1.165, 1.54) is 45.1 Å². The van der Waals surface area contributed by atoms with Crippen molar-refractivity contribution in [2.45, 2.75) is 45.4 Å². The molecule has 1 aliphatic carbocycles. The molecule has 0 bridgehead atoms. The Hall–Kier alpha value is -0.370. The van der Waals surface area contributed by atoms with E-state index in [4.69, 9.17) is 0 Å². The van der Waals surface area contributed by atoms with Crippen LogP contribution in [0.15, 0.2) is 0 Å². The molecule has 1 saturated carbocycles. The number of hydrogen-bond donors (Lipinski definition) is 0. The maximum atomic E-state index is 11.3. The van der Waals surface area contributed by atoms with E-state index in [2.05, 4.69) is 11.8 Å². The molecule has 0 unspecified atom stereocenters. The first kappa shape index (κ1) is 11.1. The number of carbonyl (C=O) groups excluding carboxylic acids is 1. The summed E-state index contributed by atoms with van der Waals surface area (Å²) in [5, 5.41) is 0. The molecule has 1 heterocycles. The second kappa shape index (κ2) is 4.65. The van der Waals surface area contributed by atoms with Crippen molar-refractivity contribution < 1.29 is 4.79 Å². The van der Waals surface area contributed by atoms with Gasteiger partial charge in [-0.3, -0.25) is 0 Å². The Balaban J connectivity index is 1.92. The van der Waals surface area contributed by atoms with Crippen molar-refractivity contribution in [3.8, 4) is 0 Å². The minimum atomic E-state index is 0.0108. The number of likely N-dealkylation sites (tertiary alicyclic amines) is 1. The van der Waals surface area contributed by atoms with Crippen LogP contribution in [0.5, 0.6) is 0 Å². The second-order valence-electron chi connectivity index (χ2n) is 5.65. The maximum Gasteiger partial charge on any atom is 0.127 e. The zero-order chi connectivity index (χ0) is 10.7. The zero-order valence-electron chi connectivity index (χ0n) is 9.87. The van der Waals surface area contributed by atoms with Crippen LogP contribution in [-0.4, -0.2) is 30.8 Å². The summed E-state index contributed by atoms with van der Waals surface area (Å²) in [5.41, 5.74) is 0.0108. The first-order valence-electron chi connectivity index (χ1n) is 6.43. The fraction of sp³-hybridized carbons (Fsp3) is 0.923. The van der Waals surface area contributed by atoms with Gasteiger partial charge in [-0.2, -0.15) is 0 Å². The molecule has 2 nitrogen and oxygen atoms in total. The molecule has 0 amide bonds. The average Bonchev–Trinajstić information content (AvgIpc) is 2.75. The third-order valence-electron chi connectivity index (χ3n) is 4.26. The first-order valence-corrected chi connectivity index (χ1v) is 6.43. The third kappa shape index (κ3) is 2.60. The maximum absolute atomic E-state index is 11.3. The molecule has 15 heavy (non-hydrogen) atoms. The molecule has 2 rings (SSSR count). The van der Waals surface area contributed by atoms with Crippen LogP contribution in [0.4, 0.5) is 0 Å². The lowest BCUT2D eigenvalue weighted by Gasteiger charge is -2.37. The molecular formula is C13H23NO. The standard InChI is InChI=1S/C13H23NO/c1-12-4-6-13(11-15,7-5-12)10-14-8-2-3-9-14/h11-12H,2-10H2,1H3. The van der Waals surface area contributed by atoms with Crippen LogP contribution < -0.4 is 0 Å². The average molecular weight is 209 g/mol. The van der Waals surface area contributed by atoms with E-state index in [1.54, 1.807) is 0 Å². The van der Waals surface area contributed by atoms with E-state index in [1.807, 2.05) is 0 Å². The van der Waals surface area contributed by atoms with Gasteiger partial charge in [0.25, 0.3) is 0 Å². The predicted molar refractivity (Wildman–Crippen MR) is 61.8 cm³/mol. The SMILES string of the molecule is CC1CCC(C=O)(CN2CCCC2)CC1. The third-order valence-corrected chi connectivity index (χ3v) is 4.26. The molecular weight excluding hydrogens is 186 g/mol. The molecule has 2 aliphatic rings. The Morgan fingerprint density at radius 3 is 2.40 bits per heavy atom. The van der Waals surface area contributed by atoms with Gasteiger partial charge >= 0.3 is 0 Å². The lowest BCUT2D eigenvalue weighted by Crippen LogP contribution is -2.40. The van der Waals surface area contributed by atoms with Gasteiger partial charge in [0, 0.05) is 12.0 Å². The van der Waals surface area contributed by atoms with Gasteiger partial charge in [0.1, 0.15) is 6.29 Å². The molecule has 0 radical (unpaired) electrons. The van der Waals surface area contributed by atoms with Crippen molar-refractivity contribution in [2.75, 3.05) is 19.6 Å². The fourth-order valence-electron chi connectivity index (χ4n) is 3.04. The van der Waals surface area contributed by atoms with Crippen LogP contribution in [0.2, 0.25) is 0 Å². The Labute approximate surface area is 93.0 Å². The second-order valence-corrected chi connectivity index (χ2v) is 5.65. The summed E-state index contributed by atoms with van der Waals surface area (Å²) < 4.78 is 0. The van der Waals surface area contributed by atoms with Gasteiger partial charge in [0.15, 0.2) is 0 Å². The highest BCUT2D eigenvalue weighted by atomic mass is 16.1. The van der Waals surface area contributed by atoms with Gasteiger partial charge in [0.05, 0.1) is 0 Å². The fourth-order valence-corrected chi connectivity index (χ4v) is 3.04. The quantitative estimate of drug-likeness (QED) is 0.666. The van der Waals surface area contributed by atoms with Crippen molar-refractivity contribution in [3.63, 3.8) is 0 Å². The summed E-state index contributed by atoms with van der Waals surface area (Å²) in [7, 11) is 0.